The molecule has 2 heteroatoms. The number of likely N-dealkylation sites (N-methyl/N-ethyl adjacent to an activating group) is 1. The third kappa shape index (κ3) is 3.50. The fourth-order valence-electron chi connectivity index (χ4n) is 3.14. The van der Waals surface area contributed by atoms with E-state index in [-0.39, 0.29) is 0 Å². The number of benzene rings is 1. The van der Waals surface area contributed by atoms with Gasteiger partial charge in [-0.3, -0.25) is 0 Å². The van der Waals surface area contributed by atoms with E-state index in [2.05, 4.69) is 41.1 Å². The van der Waals surface area contributed by atoms with Crippen molar-refractivity contribution >= 4 is 5.69 Å². The first kappa shape index (κ1) is 14.4. The first-order valence-corrected chi connectivity index (χ1v) is 7.86. The zero-order chi connectivity index (χ0) is 13.7. The Morgan fingerprint density at radius 3 is 2.11 bits per heavy atom. The Kier molecular flexibility index (Phi) is 5.26. The molecule has 0 aromatic heterocycles. The number of hydrogen-bond acceptors (Lipinski definition) is 2. The Morgan fingerprint density at radius 2 is 1.58 bits per heavy atom. The van der Waals surface area contributed by atoms with Crippen LogP contribution in [-0.4, -0.2) is 38.1 Å². The van der Waals surface area contributed by atoms with Gasteiger partial charge in [-0.05, 0) is 56.5 Å². The lowest BCUT2D eigenvalue weighted by molar-refractivity contribution is 0.411. The average molecular weight is 260 g/mol. The van der Waals surface area contributed by atoms with Crippen LogP contribution in [0.5, 0.6) is 0 Å². The van der Waals surface area contributed by atoms with E-state index in [0.29, 0.717) is 0 Å². The molecule has 2 heterocycles. The number of nitrogens with zero attached hydrogens (tertiary/aromatic N) is 2. The van der Waals surface area contributed by atoms with Crippen LogP contribution in [0.15, 0.2) is 24.3 Å². The fourth-order valence-corrected chi connectivity index (χ4v) is 3.14. The minimum atomic E-state index is 0.757. The summed E-state index contributed by atoms with van der Waals surface area (Å²) in [4.78, 5) is 4.93. The van der Waals surface area contributed by atoms with Gasteiger partial charge in [-0.25, -0.2) is 0 Å². The Morgan fingerprint density at radius 1 is 0.947 bits per heavy atom. The maximum absolute atomic E-state index is 2.50. The van der Waals surface area contributed by atoms with Gasteiger partial charge in [-0.15, -0.1) is 0 Å². The van der Waals surface area contributed by atoms with E-state index in [1.54, 1.807) is 0 Å². The summed E-state index contributed by atoms with van der Waals surface area (Å²) in [6.07, 6.45) is 4.03. The summed E-state index contributed by atoms with van der Waals surface area (Å²) in [6.45, 7) is 8.96. The molecule has 1 aromatic rings. The summed E-state index contributed by atoms with van der Waals surface area (Å²) >= 11 is 0. The predicted octanol–water partition coefficient (Wildman–Crippen LogP) is 3.73. The van der Waals surface area contributed by atoms with E-state index in [1.165, 1.54) is 56.7 Å². The summed E-state index contributed by atoms with van der Waals surface area (Å²) < 4.78 is 0. The molecule has 2 fully saturated rings. The molecular formula is C17H28N2. The first-order valence-electron chi connectivity index (χ1n) is 7.86. The molecule has 2 saturated heterocycles. The summed E-state index contributed by atoms with van der Waals surface area (Å²) in [5.41, 5.74) is 2.94. The summed E-state index contributed by atoms with van der Waals surface area (Å²) in [7, 11) is 2.22. The minimum Gasteiger partial charge on any atom is -0.372 e. The predicted molar refractivity (Wildman–Crippen MR) is 84.1 cm³/mol. The molecule has 0 N–H and O–H groups in total. The van der Waals surface area contributed by atoms with E-state index >= 15 is 0 Å². The van der Waals surface area contributed by atoms with Gasteiger partial charge in [-0.1, -0.05) is 26.0 Å². The van der Waals surface area contributed by atoms with Crippen molar-refractivity contribution in [3.8, 4) is 0 Å². The maximum atomic E-state index is 2.50. The number of anilines is 1. The first-order chi connectivity index (χ1) is 9.33. The molecule has 1 unspecified atom stereocenters. The Balaban J connectivity index is 0.000000637. The van der Waals surface area contributed by atoms with Gasteiger partial charge in [0.2, 0.25) is 0 Å². The van der Waals surface area contributed by atoms with Gasteiger partial charge in [0.1, 0.15) is 0 Å². The molecular weight excluding hydrogens is 232 g/mol. The summed E-state index contributed by atoms with van der Waals surface area (Å²) in [5, 5.41) is 0. The normalized spacial score (nSPS) is 23.3. The third-order valence-corrected chi connectivity index (χ3v) is 4.23. The van der Waals surface area contributed by atoms with Crippen LogP contribution in [0, 0.1) is 0 Å². The summed E-state index contributed by atoms with van der Waals surface area (Å²) in [5.74, 6) is 0.757. The molecule has 0 aliphatic carbocycles. The lowest BCUT2D eigenvalue weighted by atomic mass is 9.98. The topological polar surface area (TPSA) is 6.48 Å². The molecule has 106 valence electrons. The molecule has 1 aromatic carbocycles. The highest BCUT2D eigenvalue weighted by molar-refractivity contribution is 5.48. The van der Waals surface area contributed by atoms with Crippen molar-refractivity contribution < 1.29 is 0 Å². The molecule has 2 aliphatic rings. The van der Waals surface area contributed by atoms with Crippen LogP contribution in [0.3, 0.4) is 0 Å². The number of likely N-dealkylation sites (tertiary alicyclic amines) is 1. The molecule has 1 atom stereocenters. The van der Waals surface area contributed by atoms with E-state index < -0.39 is 0 Å². The number of hydrogen-bond donors (Lipinski definition) is 0. The fraction of sp³-hybridized carbons (Fsp3) is 0.647. The van der Waals surface area contributed by atoms with Crippen molar-refractivity contribution in [2.45, 2.75) is 39.0 Å². The molecule has 19 heavy (non-hydrogen) atoms. The molecule has 2 aliphatic heterocycles. The van der Waals surface area contributed by atoms with Crippen molar-refractivity contribution in [1.29, 1.82) is 0 Å². The zero-order valence-corrected chi connectivity index (χ0v) is 12.7. The monoisotopic (exact) mass is 260 g/mol. The molecule has 3 rings (SSSR count). The quantitative estimate of drug-likeness (QED) is 0.799. The van der Waals surface area contributed by atoms with Gasteiger partial charge < -0.3 is 9.80 Å². The van der Waals surface area contributed by atoms with Gasteiger partial charge in [0.05, 0.1) is 0 Å². The van der Waals surface area contributed by atoms with E-state index in [4.69, 9.17) is 0 Å². The van der Waals surface area contributed by atoms with Crippen molar-refractivity contribution in [2.24, 2.45) is 0 Å². The van der Waals surface area contributed by atoms with Crippen LogP contribution in [0.4, 0.5) is 5.69 Å². The molecule has 2 nitrogen and oxygen atoms in total. The maximum Gasteiger partial charge on any atom is 0.0366 e. The van der Waals surface area contributed by atoms with E-state index in [0.717, 1.165) is 5.92 Å². The van der Waals surface area contributed by atoms with E-state index in [9.17, 15) is 0 Å². The standard InChI is InChI=1S/C15H22N2.C2H6/c1-16-11-8-14(12-16)13-4-6-15(7-5-13)17-9-2-3-10-17;1-2/h4-7,14H,2-3,8-12H2,1H3;1-2H3. The molecule has 0 saturated carbocycles. The second kappa shape index (κ2) is 6.95. The van der Waals surface area contributed by atoms with Crippen LogP contribution in [0.25, 0.3) is 0 Å². The molecule has 0 bridgehead atoms. The van der Waals surface area contributed by atoms with Crippen LogP contribution in [0.1, 0.15) is 44.6 Å². The molecule has 0 spiro atoms. The van der Waals surface area contributed by atoms with Gasteiger partial charge >= 0.3 is 0 Å². The number of rotatable bonds is 2. The van der Waals surface area contributed by atoms with E-state index in [1.807, 2.05) is 13.8 Å². The Bertz CT molecular complexity index is 365. The van der Waals surface area contributed by atoms with Gasteiger partial charge in [0.25, 0.3) is 0 Å². The largest absolute Gasteiger partial charge is 0.372 e. The van der Waals surface area contributed by atoms with Gasteiger partial charge in [0, 0.05) is 25.3 Å². The van der Waals surface area contributed by atoms with Crippen molar-refractivity contribution in [3.63, 3.8) is 0 Å². The lowest BCUT2D eigenvalue weighted by Crippen LogP contribution is -2.17. The highest BCUT2D eigenvalue weighted by Crippen LogP contribution is 2.28. The van der Waals surface area contributed by atoms with Crippen LogP contribution >= 0.6 is 0 Å². The van der Waals surface area contributed by atoms with Crippen molar-refractivity contribution in [3.05, 3.63) is 29.8 Å². The second-order valence-corrected chi connectivity index (χ2v) is 5.53. The zero-order valence-electron chi connectivity index (χ0n) is 12.7. The van der Waals surface area contributed by atoms with Gasteiger partial charge in [0.15, 0.2) is 0 Å². The molecule has 0 amide bonds. The SMILES string of the molecule is CC.CN1CCC(c2ccc(N3CCCC3)cc2)C1. The minimum absolute atomic E-state index is 0.757. The molecule has 0 radical (unpaired) electrons. The highest BCUT2D eigenvalue weighted by atomic mass is 15.1. The van der Waals surface area contributed by atoms with Crippen LogP contribution < -0.4 is 4.90 Å². The smallest absolute Gasteiger partial charge is 0.0366 e. The third-order valence-electron chi connectivity index (χ3n) is 4.23. The Labute approximate surface area is 118 Å². The highest BCUT2D eigenvalue weighted by Gasteiger charge is 2.21. The summed E-state index contributed by atoms with van der Waals surface area (Å²) in [6, 6.07) is 9.33. The van der Waals surface area contributed by atoms with Crippen molar-refractivity contribution in [1.82, 2.24) is 4.90 Å². The lowest BCUT2D eigenvalue weighted by Gasteiger charge is -2.18. The second-order valence-electron chi connectivity index (χ2n) is 5.53. The Hall–Kier alpha value is -1.02. The van der Waals surface area contributed by atoms with Crippen LogP contribution in [0.2, 0.25) is 0 Å². The van der Waals surface area contributed by atoms with Crippen LogP contribution in [-0.2, 0) is 0 Å². The average Bonchev–Trinajstić information content (AvgIpc) is 3.12. The van der Waals surface area contributed by atoms with Gasteiger partial charge in [-0.2, -0.15) is 0 Å². The van der Waals surface area contributed by atoms with Crippen molar-refractivity contribution in [2.75, 3.05) is 38.1 Å².